The number of rotatable bonds is 4. The second kappa shape index (κ2) is 4.26. The van der Waals surface area contributed by atoms with Crippen molar-refractivity contribution >= 4 is 21.9 Å². The Morgan fingerprint density at radius 2 is 2.36 bits per heavy atom. The average Bonchev–Trinajstić information content (AvgIpc) is 2.41. The lowest BCUT2D eigenvalue weighted by molar-refractivity contribution is 0.299. The van der Waals surface area contributed by atoms with E-state index in [4.69, 9.17) is 11.6 Å². The SMILES string of the molecule is CCn1cnc(Cl)c1COS(N)(=O)=O. The molecule has 1 heterocycles. The monoisotopic (exact) mass is 239 g/mol. The Morgan fingerprint density at radius 1 is 1.71 bits per heavy atom. The van der Waals surface area contributed by atoms with Crippen molar-refractivity contribution in [2.45, 2.75) is 20.1 Å². The minimum Gasteiger partial charge on any atom is -0.332 e. The van der Waals surface area contributed by atoms with Crippen LogP contribution < -0.4 is 5.14 Å². The Bertz CT molecular complexity index is 414. The first kappa shape index (κ1) is 11.4. The molecule has 0 aromatic carbocycles. The summed E-state index contributed by atoms with van der Waals surface area (Å²) >= 11 is 5.70. The van der Waals surface area contributed by atoms with Crippen LogP contribution in [0.25, 0.3) is 0 Å². The number of imidazole rings is 1. The fraction of sp³-hybridized carbons (Fsp3) is 0.500. The summed E-state index contributed by atoms with van der Waals surface area (Å²) in [5.74, 6) is 0. The van der Waals surface area contributed by atoms with Gasteiger partial charge in [-0.05, 0) is 6.92 Å². The molecule has 0 atom stereocenters. The lowest BCUT2D eigenvalue weighted by atomic mass is 10.5. The molecule has 2 N–H and O–H groups in total. The molecule has 0 unspecified atom stereocenters. The highest BCUT2D eigenvalue weighted by Crippen LogP contribution is 2.15. The van der Waals surface area contributed by atoms with E-state index in [0.29, 0.717) is 12.2 Å². The lowest BCUT2D eigenvalue weighted by Crippen LogP contribution is -2.16. The highest BCUT2D eigenvalue weighted by atomic mass is 35.5. The summed E-state index contributed by atoms with van der Waals surface area (Å²) in [6.45, 7) is 2.30. The smallest absolute Gasteiger partial charge is 0.332 e. The predicted octanol–water partition coefficient (Wildman–Crippen LogP) is 0.277. The zero-order valence-electron chi connectivity index (χ0n) is 7.47. The highest BCUT2D eigenvalue weighted by Gasteiger charge is 2.11. The Kier molecular flexibility index (Phi) is 3.48. The third kappa shape index (κ3) is 2.95. The molecular formula is C6H10ClN3O3S. The third-order valence-corrected chi connectivity index (χ3v) is 2.36. The van der Waals surface area contributed by atoms with Crippen LogP contribution in [0.3, 0.4) is 0 Å². The summed E-state index contributed by atoms with van der Waals surface area (Å²) in [5.41, 5.74) is 0.489. The van der Waals surface area contributed by atoms with Gasteiger partial charge in [0.25, 0.3) is 0 Å². The molecule has 0 aliphatic rings. The molecule has 0 fully saturated rings. The van der Waals surface area contributed by atoms with E-state index in [1.807, 2.05) is 6.92 Å². The highest BCUT2D eigenvalue weighted by molar-refractivity contribution is 7.84. The minimum absolute atomic E-state index is 0.203. The molecule has 0 saturated carbocycles. The molecule has 14 heavy (non-hydrogen) atoms. The summed E-state index contributed by atoms with van der Waals surface area (Å²) in [5, 5.41) is 4.89. The topological polar surface area (TPSA) is 87.2 Å². The molecule has 0 aliphatic carbocycles. The van der Waals surface area contributed by atoms with Gasteiger partial charge in [0, 0.05) is 6.54 Å². The maximum atomic E-state index is 10.5. The number of hydrogen-bond acceptors (Lipinski definition) is 4. The maximum Gasteiger partial charge on any atom is 0.333 e. The predicted molar refractivity (Wildman–Crippen MR) is 50.8 cm³/mol. The maximum absolute atomic E-state index is 10.5. The Hall–Kier alpha value is -0.630. The van der Waals surface area contributed by atoms with Gasteiger partial charge in [0.1, 0.15) is 6.61 Å². The van der Waals surface area contributed by atoms with Crippen LogP contribution in [0.15, 0.2) is 6.33 Å². The zero-order valence-corrected chi connectivity index (χ0v) is 9.05. The number of aryl methyl sites for hydroxylation is 1. The second-order valence-corrected chi connectivity index (χ2v) is 4.10. The van der Waals surface area contributed by atoms with E-state index in [-0.39, 0.29) is 11.8 Å². The van der Waals surface area contributed by atoms with E-state index >= 15 is 0 Å². The number of halogens is 1. The number of hydrogen-bond donors (Lipinski definition) is 1. The van der Waals surface area contributed by atoms with Gasteiger partial charge in [-0.25, -0.2) is 10.1 Å². The van der Waals surface area contributed by atoms with Crippen molar-refractivity contribution in [1.82, 2.24) is 9.55 Å². The van der Waals surface area contributed by atoms with Crippen LogP contribution >= 0.6 is 11.6 Å². The van der Waals surface area contributed by atoms with E-state index in [0.717, 1.165) is 0 Å². The molecule has 1 aromatic heterocycles. The van der Waals surface area contributed by atoms with Crippen molar-refractivity contribution in [3.05, 3.63) is 17.2 Å². The lowest BCUT2D eigenvalue weighted by Gasteiger charge is -2.04. The van der Waals surface area contributed by atoms with Gasteiger partial charge in [-0.2, -0.15) is 8.42 Å². The number of nitrogens with two attached hydrogens (primary N) is 1. The molecule has 0 bridgehead atoms. The molecule has 0 spiro atoms. The molecule has 0 amide bonds. The largest absolute Gasteiger partial charge is 0.333 e. The Balaban J connectivity index is 2.80. The van der Waals surface area contributed by atoms with Crippen molar-refractivity contribution in [1.29, 1.82) is 0 Å². The van der Waals surface area contributed by atoms with Gasteiger partial charge in [-0.15, -0.1) is 0 Å². The molecule has 6 nitrogen and oxygen atoms in total. The summed E-state index contributed by atoms with van der Waals surface area (Å²) in [6.07, 6.45) is 1.50. The van der Waals surface area contributed by atoms with Gasteiger partial charge in [0.05, 0.1) is 12.0 Å². The van der Waals surface area contributed by atoms with Crippen LogP contribution in [0.5, 0.6) is 0 Å². The molecule has 0 radical (unpaired) electrons. The van der Waals surface area contributed by atoms with Crippen molar-refractivity contribution < 1.29 is 12.6 Å². The van der Waals surface area contributed by atoms with Crippen LogP contribution in [-0.4, -0.2) is 18.0 Å². The van der Waals surface area contributed by atoms with Crippen molar-refractivity contribution in [3.63, 3.8) is 0 Å². The van der Waals surface area contributed by atoms with E-state index < -0.39 is 10.3 Å². The summed E-state index contributed by atoms with van der Waals surface area (Å²) in [6, 6.07) is 0. The van der Waals surface area contributed by atoms with Crippen LogP contribution in [-0.2, 0) is 27.6 Å². The molecule has 0 saturated heterocycles. The molecule has 0 aliphatic heterocycles. The zero-order chi connectivity index (χ0) is 10.8. The first-order valence-corrected chi connectivity index (χ1v) is 5.65. The van der Waals surface area contributed by atoms with Crippen LogP contribution in [0.2, 0.25) is 5.15 Å². The first-order chi connectivity index (χ1) is 6.44. The van der Waals surface area contributed by atoms with Crippen LogP contribution in [0.4, 0.5) is 0 Å². The summed E-state index contributed by atoms with van der Waals surface area (Å²) < 4.78 is 27.1. The molecule has 1 rings (SSSR count). The van der Waals surface area contributed by atoms with E-state index in [9.17, 15) is 8.42 Å². The number of nitrogens with zero attached hydrogens (tertiary/aromatic N) is 2. The fourth-order valence-electron chi connectivity index (χ4n) is 0.936. The van der Waals surface area contributed by atoms with E-state index in [1.54, 1.807) is 4.57 Å². The van der Waals surface area contributed by atoms with Gasteiger partial charge < -0.3 is 4.57 Å². The van der Waals surface area contributed by atoms with E-state index in [1.165, 1.54) is 6.33 Å². The third-order valence-electron chi connectivity index (χ3n) is 1.60. The van der Waals surface area contributed by atoms with Crippen LogP contribution in [0.1, 0.15) is 12.6 Å². The minimum atomic E-state index is -3.94. The second-order valence-electron chi connectivity index (χ2n) is 2.52. The van der Waals surface area contributed by atoms with Gasteiger partial charge >= 0.3 is 10.3 Å². The summed E-state index contributed by atoms with van der Waals surface area (Å²) in [7, 11) is -3.94. The van der Waals surface area contributed by atoms with Gasteiger partial charge in [-0.3, -0.25) is 4.18 Å². The molecular weight excluding hydrogens is 230 g/mol. The normalized spacial score (nSPS) is 11.9. The Labute approximate surface area is 86.9 Å². The molecule has 80 valence electrons. The van der Waals surface area contributed by atoms with E-state index in [2.05, 4.69) is 14.3 Å². The summed E-state index contributed by atoms with van der Waals surface area (Å²) in [4.78, 5) is 3.80. The van der Waals surface area contributed by atoms with Gasteiger partial charge in [0.15, 0.2) is 5.15 Å². The molecule has 1 aromatic rings. The van der Waals surface area contributed by atoms with Crippen molar-refractivity contribution in [3.8, 4) is 0 Å². The quantitative estimate of drug-likeness (QED) is 0.817. The molecule has 8 heteroatoms. The van der Waals surface area contributed by atoms with Crippen LogP contribution in [0, 0.1) is 0 Å². The number of aromatic nitrogens is 2. The van der Waals surface area contributed by atoms with Gasteiger partial charge in [-0.1, -0.05) is 11.6 Å². The van der Waals surface area contributed by atoms with Crippen molar-refractivity contribution in [2.75, 3.05) is 0 Å². The van der Waals surface area contributed by atoms with Gasteiger partial charge in [0.2, 0.25) is 0 Å². The fourth-order valence-corrected chi connectivity index (χ4v) is 1.42. The average molecular weight is 240 g/mol. The van der Waals surface area contributed by atoms with Crippen molar-refractivity contribution in [2.24, 2.45) is 5.14 Å². The first-order valence-electron chi connectivity index (χ1n) is 3.80. The Morgan fingerprint density at radius 3 is 2.86 bits per heavy atom. The standard InChI is InChI=1S/C6H10ClN3O3S/c1-2-10-4-9-6(7)5(10)3-13-14(8,11)12/h4H,2-3H2,1H3,(H2,8,11,12).